The first-order valence-electron chi connectivity index (χ1n) is 7.35. The standard InChI is InChI=1S/C14H20N6OS/c1-2-3-4-22-13-14(7-21,20-13)19-6-9-5-16-11-10(9)17-8-18-12(11)15/h5,8,16,19,21H,2-4,6-7H2,1H3,(H2,15,17,18)/t14-/m0/s1. The van der Waals surface area contributed by atoms with E-state index in [4.69, 9.17) is 5.73 Å². The van der Waals surface area contributed by atoms with Crippen LogP contribution >= 0.6 is 11.8 Å². The number of anilines is 1. The third-order valence-corrected chi connectivity index (χ3v) is 4.90. The van der Waals surface area contributed by atoms with Crippen LogP contribution in [0.25, 0.3) is 11.0 Å². The zero-order chi connectivity index (χ0) is 15.6. The Morgan fingerprint density at radius 3 is 3.09 bits per heavy atom. The van der Waals surface area contributed by atoms with Crippen molar-refractivity contribution in [3.63, 3.8) is 0 Å². The van der Waals surface area contributed by atoms with E-state index < -0.39 is 5.66 Å². The molecule has 1 aliphatic rings. The van der Waals surface area contributed by atoms with Gasteiger partial charge < -0.3 is 15.8 Å². The molecule has 3 heterocycles. The van der Waals surface area contributed by atoms with E-state index in [9.17, 15) is 5.11 Å². The van der Waals surface area contributed by atoms with E-state index in [1.165, 1.54) is 6.33 Å². The highest BCUT2D eigenvalue weighted by molar-refractivity contribution is 8.14. The molecule has 0 bridgehead atoms. The van der Waals surface area contributed by atoms with Crippen LogP contribution in [0.2, 0.25) is 0 Å². The Morgan fingerprint density at radius 1 is 1.45 bits per heavy atom. The number of aromatic nitrogens is 3. The summed E-state index contributed by atoms with van der Waals surface area (Å²) < 4.78 is 0. The van der Waals surface area contributed by atoms with Crippen LogP contribution in [-0.4, -0.2) is 43.1 Å². The first-order chi connectivity index (χ1) is 10.7. The molecule has 118 valence electrons. The number of unbranched alkanes of at least 4 members (excludes halogenated alkanes) is 1. The number of thioether (sulfide) groups is 1. The lowest BCUT2D eigenvalue weighted by atomic mass is 10.2. The fourth-order valence-electron chi connectivity index (χ4n) is 2.27. The molecule has 0 radical (unpaired) electrons. The SMILES string of the molecule is CCCCSC1=N[C@]1(CO)NCc1c[nH]c2c(N)ncnc12. The highest BCUT2D eigenvalue weighted by Crippen LogP contribution is 2.33. The molecule has 0 saturated carbocycles. The number of fused-ring (bicyclic) bond motifs is 1. The second-order valence-electron chi connectivity index (χ2n) is 5.29. The molecule has 0 unspecified atom stereocenters. The van der Waals surface area contributed by atoms with Crippen LogP contribution in [0.3, 0.4) is 0 Å². The Balaban J connectivity index is 1.63. The van der Waals surface area contributed by atoms with E-state index in [0.717, 1.165) is 40.2 Å². The minimum atomic E-state index is -0.597. The summed E-state index contributed by atoms with van der Waals surface area (Å²) in [5.41, 5.74) is 7.74. The summed E-state index contributed by atoms with van der Waals surface area (Å²) in [6.07, 6.45) is 5.64. The number of nitrogens with zero attached hydrogens (tertiary/aromatic N) is 3. The van der Waals surface area contributed by atoms with Gasteiger partial charge in [-0.05, 0) is 12.2 Å². The number of nitrogen functional groups attached to an aromatic ring is 1. The second kappa shape index (κ2) is 6.23. The maximum atomic E-state index is 9.63. The molecular weight excluding hydrogens is 300 g/mol. The summed E-state index contributed by atoms with van der Waals surface area (Å²) in [5.74, 6) is 1.47. The predicted molar refractivity (Wildman–Crippen MR) is 89.8 cm³/mol. The quantitative estimate of drug-likeness (QED) is 0.571. The van der Waals surface area contributed by atoms with Gasteiger partial charge in [-0.25, -0.2) is 15.0 Å². The van der Waals surface area contributed by atoms with E-state index in [1.807, 2.05) is 6.20 Å². The number of rotatable bonds is 7. The minimum absolute atomic E-state index is 0.0268. The lowest BCUT2D eigenvalue weighted by Gasteiger charge is -2.14. The number of hydrogen-bond donors (Lipinski definition) is 4. The van der Waals surface area contributed by atoms with Gasteiger partial charge in [0.15, 0.2) is 11.5 Å². The maximum absolute atomic E-state index is 9.63. The van der Waals surface area contributed by atoms with Crippen molar-refractivity contribution >= 4 is 33.7 Å². The highest BCUT2D eigenvalue weighted by atomic mass is 32.2. The van der Waals surface area contributed by atoms with Gasteiger partial charge in [0, 0.05) is 18.3 Å². The van der Waals surface area contributed by atoms with Crippen molar-refractivity contribution in [2.45, 2.75) is 32.0 Å². The fourth-order valence-corrected chi connectivity index (χ4v) is 3.50. The summed E-state index contributed by atoms with van der Waals surface area (Å²) in [6.45, 7) is 2.69. The van der Waals surface area contributed by atoms with Crippen LogP contribution in [0.5, 0.6) is 0 Å². The van der Waals surface area contributed by atoms with Gasteiger partial charge in [0.05, 0.1) is 12.1 Å². The molecule has 0 fully saturated rings. The van der Waals surface area contributed by atoms with Gasteiger partial charge in [-0.15, -0.1) is 11.8 Å². The van der Waals surface area contributed by atoms with Crippen molar-refractivity contribution < 1.29 is 5.11 Å². The zero-order valence-electron chi connectivity index (χ0n) is 12.5. The van der Waals surface area contributed by atoms with Crippen molar-refractivity contribution in [3.8, 4) is 0 Å². The zero-order valence-corrected chi connectivity index (χ0v) is 13.3. The number of aliphatic imine (C=N–C) groups is 1. The van der Waals surface area contributed by atoms with Crippen LogP contribution in [0.15, 0.2) is 17.5 Å². The maximum Gasteiger partial charge on any atom is 0.183 e. The van der Waals surface area contributed by atoms with Crippen LogP contribution in [0, 0.1) is 0 Å². The van der Waals surface area contributed by atoms with Gasteiger partial charge in [0.25, 0.3) is 0 Å². The molecular formula is C14H20N6OS. The lowest BCUT2D eigenvalue weighted by Crippen LogP contribution is -2.40. The molecule has 0 aliphatic carbocycles. The number of nitrogens with one attached hydrogen (secondary N) is 2. The number of nitrogens with two attached hydrogens (primary N) is 1. The van der Waals surface area contributed by atoms with E-state index in [2.05, 4.69) is 32.2 Å². The van der Waals surface area contributed by atoms with E-state index in [1.54, 1.807) is 11.8 Å². The van der Waals surface area contributed by atoms with E-state index >= 15 is 0 Å². The van der Waals surface area contributed by atoms with Gasteiger partial charge in [0.1, 0.15) is 16.9 Å². The summed E-state index contributed by atoms with van der Waals surface area (Å²) in [7, 11) is 0. The molecule has 5 N–H and O–H groups in total. The second-order valence-corrected chi connectivity index (χ2v) is 6.37. The Morgan fingerprint density at radius 2 is 2.32 bits per heavy atom. The summed E-state index contributed by atoms with van der Waals surface area (Å²) in [6, 6.07) is 0. The number of hydrogen-bond acceptors (Lipinski definition) is 7. The number of aromatic amines is 1. The molecule has 0 aromatic carbocycles. The van der Waals surface area contributed by atoms with Crippen LogP contribution < -0.4 is 11.1 Å². The van der Waals surface area contributed by atoms with E-state index in [-0.39, 0.29) is 6.61 Å². The molecule has 7 nitrogen and oxygen atoms in total. The third-order valence-electron chi connectivity index (χ3n) is 3.70. The van der Waals surface area contributed by atoms with Crippen LogP contribution in [-0.2, 0) is 6.54 Å². The molecule has 0 spiro atoms. The van der Waals surface area contributed by atoms with Gasteiger partial charge in [-0.2, -0.15) is 0 Å². The molecule has 1 aliphatic heterocycles. The molecule has 0 amide bonds. The number of aliphatic hydroxyl groups is 1. The van der Waals surface area contributed by atoms with Crippen molar-refractivity contribution in [1.82, 2.24) is 20.3 Å². The molecule has 22 heavy (non-hydrogen) atoms. The van der Waals surface area contributed by atoms with Gasteiger partial charge in [0.2, 0.25) is 0 Å². The average molecular weight is 320 g/mol. The third kappa shape index (κ3) is 2.81. The summed E-state index contributed by atoms with van der Waals surface area (Å²) >= 11 is 1.72. The highest BCUT2D eigenvalue weighted by Gasteiger charge is 2.46. The molecule has 8 heteroatoms. The van der Waals surface area contributed by atoms with Crippen LogP contribution in [0.4, 0.5) is 5.82 Å². The van der Waals surface area contributed by atoms with Crippen LogP contribution in [0.1, 0.15) is 25.3 Å². The number of aliphatic hydroxyl groups excluding tert-OH is 1. The van der Waals surface area contributed by atoms with Crippen molar-refractivity contribution in [2.24, 2.45) is 4.99 Å². The van der Waals surface area contributed by atoms with Crippen molar-refractivity contribution in [2.75, 3.05) is 18.1 Å². The first kappa shape index (κ1) is 15.3. The van der Waals surface area contributed by atoms with Gasteiger partial charge in [-0.3, -0.25) is 5.32 Å². The average Bonchev–Trinajstić information content (AvgIpc) is 3.06. The summed E-state index contributed by atoms with van der Waals surface area (Å²) in [5, 5.41) is 13.9. The van der Waals surface area contributed by atoms with Gasteiger partial charge >= 0.3 is 0 Å². The first-order valence-corrected chi connectivity index (χ1v) is 8.34. The Bertz CT molecular complexity index is 700. The van der Waals surface area contributed by atoms with Gasteiger partial charge in [-0.1, -0.05) is 13.3 Å². The molecule has 2 aromatic heterocycles. The minimum Gasteiger partial charge on any atom is -0.392 e. The fraction of sp³-hybridized carbons (Fsp3) is 0.500. The monoisotopic (exact) mass is 320 g/mol. The van der Waals surface area contributed by atoms with Crippen molar-refractivity contribution in [1.29, 1.82) is 0 Å². The molecule has 1 atom stereocenters. The predicted octanol–water partition coefficient (Wildman–Crippen LogP) is 1.26. The Labute approximate surface area is 132 Å². The van der Waals surface area contributed by atoms with E-state index in [0.29, 0.717) is 12.4 Å². The Hall–Kier alpha value is -1.64. The summed E-state index contributed by atoms with van der Waals surface area (Å²) in [4.78, 5) is 15.7. The molecule has 3 rings (SSSR count). The Kier molecular flexibility index (Phi) is 4.32. The topological polar surface area (TPSA) is 112 Å². The molecule has 2 aromatic rings. The lowest BCUT2D eigenvalue weighted by molar-refractivity contribution is 0.236. The molecule has 0 saturated heterocycles. The normalized spacial score (nSPS) is 20.4. The largest absolute Gasteiger partial charge is 0.392 e. The number of H-pyrrole nitrogens is 1. The van der Waals surface area contributed by atoms with Crippen molar-refractivity contribution in [3.05, 3.63) is 18.1 Å². The smallest absolute Gasteiger partial charge is 0.183 e.